The molecule has 0 saturated carbocycles. The lowest BCUT2D eigenvalue weighted by Crippen LogP contribution is -2.57. The van der Waals surface area contributed by atoms with Crippen molar-refractivity contribution in [1.29, 1.82) is 0 Å². The second-order valence-corrected chi connectivity index (χ2v) is 38.2. The Balaban J connectivity index is 7.21. The zero-order chi connectivity index (χ0) is 38.5. The van der Waals surface area contributed by atoms with Gasteiger partial charge in [-0.15, -0.1) is 0 Å². The Kier molecular flexibility index (Phi) is 16.8. The number of methoxy groups -OCH3 is 2. The summed E-state index contributed by atoms with van der Waals surface area (Å²) in [6.45, 7) is 43.5. The van der Waals surface area contributed by atoms with Gasteiger partial charge in [0.1, 0.15) is 0 Å². The van der Waals surface area contributed by atoms with Crippen molar-refractivity contribution in [2.45, 2.75) is 193 Å². The Hall–Kier alpha value is -0.432. The smallest absolute Gasteiger partial charge is 0.307 e. The normalized spacial score (nSPS) is 15.9. The molecule has 0 fully saturated rings. The molecule has 0 aliphatic rings. The molecule has 0 heterocycles. The summed E-state index contributed by atoms with van der Waals surface area (Å²) in [5.74, 6) is -0.724. The molecule has 0 saturated heterocycles. The van der Waals surface area contributed by atoms with Crippen molar-refractivity contribution in [1.82, 2.24) is 10.5 Å². The van der Waals surface area contributed by atoms with Gasteiger partial charge in [0.2, 0.25) is 33.3 Å². The van der Waals surface area contributed by atoms with Crippen molar-refractivity contribution in [2.24, 2.45) is 0 Å². The third kappa shape index (κ3) is 13.9. The molecular formula is C34H76N2O8Si4. The van der Waals surface area contributed by atoms with E-state index in [9.17, 15) is 9.59 Å². The molecule has 48 heavy (non-hydrogen) atoms. The number of carbonyl (C=O) groups is 2. The predicted octanol–water partition coefficient (Wildman–Crippen LogP) is 9.98. The van der Waals surface area contributed by atoms with Gasteiger partial charge in [-0.3, -0.25) is 9.59 Å². The number of carbonyl (C=O) groups excluding carboxylic acids is 2. The van der Waals surface area contributed by atoms with E-state index in [2.05, 4.69) is 135 Å². The summed E-state index contributed by atoms with van der Waals surface area (Å²) in [7, 11) is -6.88. The third-order valence-corrected chi connectivity index (χ3v) is 28.2. The van der Waals surface area contributed by atoms with Gasteiger partial charge in [0.05, 0.1) is 39.1 Å². The molecule has 2 unspecified atom stereocenters. The summed E-state index contributed by atoms with van der Waals surface area (Å²) < 4.78 is 38.0. The number of esters is 2. The molecule has 0 aliphatic carbocycles. The van der Waals surface area contributed by atoms with Crippen LogP contribution < -0.4 is 0 Å². The second kappa shape index (κ2) is 16.9. The van der Waals surface area contributed by atoms with E-state index >= 15 is 0 Å². The lowest BCUT2D eigenvalue weighted by atomic mass is 10.0. The highest BCUT2D eigenvalue weighted by Gasteiger charge is 2.48. The number of rotatable bonds is 17. The maximum absolute atomic E-state index is 13.0. The fourth-order valence-corrected chi connectivity index (χ4v) is 7.07. The van der Waals surface area contributed by atoms with Crippen LogP contribution in [0.3, 0.4) is 0 Å². The molecule has 0 aromatic rings. The van der Waals surface area contributed by atoms with Crippen LogP contribution >= 0.6 is 0 Å². The summed E-state index contributed by atoms with van der Waals surface area (Å²) in [5, 5.41) is 2.84. The second-order valence-electron chi connectivity index (χ2n) is 19.4. The first kappa shape index (κ1) is 47.6. The SMILES string of the molecule is COC(=O)CC(CCC(CC(=O)OC)N(O[Si](C)(C)C(C)(C)C)O[Si](C)(C)C(C)(C)C)N(O[Si](C)(C)C(C)(C)C)O[Si](C)(C)C(C)(C)C. The number of nitrogens with zero attached hydrogens (tertiary/aromatic N) is 2. The van der Waals surface area contributed by atoms with E-state index in [0.29, 0.717) is 12.8 Å². The Morgan fingerprint density at radius 3 is 0.792 bits per heavy atom. The van der Waals surface area contributed by atoms with Crippen LogP contribution in [0.1, 0.15) is 109 Å². The van der Waals surface area contributed by atoms with E-state index in [1.807, 2.05) is 0 Å². The average Bonchev–Trinajstić information content (AvgIpc) is 2.85. The van der Waals surface area contributed by atoms with Gasteiger partial charge in [-0.05, 0) is 85.4 Å². The monoisotopic (exact) mass is 752 g/mol. The molecule has 10 nitrogen and oxygen atoms in total. The zero-order valence-electron chi connectivity index (χ0n) is 35.1. The van der Waals surface area contributed by atoms with Gasteiger partial charge in [-0.2, -0.15) is 0 Å². The first-order valence-corrected chi connectivity index (χ1v) is 29.2. The van der Waals surface area contributed by atoms with Crippen LogP contribution in [0.25, 0.3) is 0 Å². The summed E-state index contributed by atoms with van der Waals surface area (Å²) in [4.78, 5) is 26.0. The lowest BCUT2D eigenvalue weighted by Gasteiger charge is -2.47. The minimum Gasteiger partial charge on any atom is -0.469 e. The number of hydrogen-bond acceptors (Lipinski definition) is 10. The third-order valence-electron chi connectivity index (χ3n) is 11.2. The van der Waals surface area contributed by atoms with E-state index in [-0.39, 0.29) is 44.9 Å². The van der Waals surface area contributed by atoms with E-state index in [1.165, 1.54) is 14.2 Å². The summed E-state index contributed by atoms with van der Waals surface area (Å²) >= 11 is 0. The fraction of sp³-hybridized carbons (Fsp3) is 0.941. The van der Waals surface area contributed by atoms with Crippen molar-refractivity contribution in [2.75, 3.05) is 14.2 Å². The van der Waals surface area contributed by atoms with Crippen molar-refractivity contribution in [3.05, 3.63) is 0 Å². The van der Waals surface area contributed by atoms with Crippen LogP contribution in [0.15, 0.2) is 0 Å². The molecule has 286 valence electrons. The molecule has 0 radical (unpaired) electrons. The molecule has 0 rings (SSSR count). The average molecular weight is 753 g/mol. The number of ether oxygens (including phenoxy) is 2. The highest BCUT2D eigenvalue weighted by Crippen LogP contribution is 2.44. The highest BCUT2D eigenvalue weighted by molar-refractivity contribution is 6.75. The van der Waals surface area contributed by atoms with Crippen LogP contribution in [-0.4, -0.2) is 82.0 Å². The summed E-state index contributed by atoms with van der Waals surface area (Å²) in [6.07, 6.45) is 0.990. The molecule has 0 spiro atoms. The van der Waals surface area contributed by atoms with Gasteiger partial charge in [0.25, 0.3) is 0 Å². The molecular weight excluding hydrogens is 677 g/mol. The van der Waals surface area contributed by atoms with E-state index in [1.54, 1.807) is 10.5 Å². The first-order chi connectivity index (χ1) is 21.0. The van der Waals surface area contributed by atoms with Crippen molar-refractivity contribution < 1.29 is 37.2 Å². The summed E-state index contributed by atoms with van der Waals surface area (Å²) in [6, 6.07) is -0.994. The minimum atomic E-state index is -2.42. The largest absolute Gasteiger partial charge is 0.469 e. The van der Waals surface area contributed by atoms with Crippen LogP contribution in [0, 0.1) is 0 Å². The highest BCUT2D eigenvalue weighted by atomic mass is 28.4. The molecule has 0 amide bonds. The van der Waals surface area contributed by atoms with Crippen LogP contribution in [0.4, 0.5) is 0 Å². The Bertz CT molecular complexity index is 904. The van der Waals surface area contributed by atoms with Crippen LogP contribution in [0.2, 0.25) is 72.5 Å². The maximum atomic E-state index is 13.0. The topological polar surface area (TPSA) is 96.0 Å². The minimum absolute atomic E-state index is 0.0525. The molecule has 0 aromatic carbocycles. The Morgan fingerprint density at radius 2 is 0.646 bits per heavy atom. The molecule has 2 atom stereocenters. The van der Waals surface area contributed by atoms with Crippen molar-refractivity contribution in [3.8, 4) is 0 Å². The van der Waals surface area contributed by atoms with Crippen molar-refractivity contribution in [3.63, 3.8) is 0 Å². The molecule has 14 heteroatoms. The van der Waals surface area contributed by atoms with Gasteiger partial charge in [0.15, 0.2) is 0 Å². The fourth-order valence-electron chi connectivity index (χ4n) is 3.28. The van der Waals surface area contributed by atoms with E-state index in [4.69, 9.17) is 27.6 Å². The van der Waals surface area contributed by atoms with Crippen molar-refractivity contribution >= 4 is 45.2 Å². The quantitative estimate of drug-likeness (QED) is 0.0812. The summed E-state index contributed by atoms with van der Waals surface area (Å²) in [5.41, 5.74) is 0. The Morgan fingerprint density at radius 1 is 0.458 bits per heavy atom. The molecule has 0 bridgehead atoms. The van der Waals surface area contributed by atoms with Crippen LogP contribution in [0.5, 0.6) is 0 Å². The molecule has 0 N–H and O–H groups in total. The lowest BCUT2D eigenvalue weighted by molar-refractivity contribution is -0.313. The molecule has 0 aliphatic heterocycles. The van der Waals surface area contributed by atoms with Gasteiger partial charge in [-0.25, -0.2) is 0 Å². The van der Waals surface area contributed by atoms with Crippen LogP contribution in [-0.2, 0) is 37.2 Å². The predicted molar refractivity (Wildman–Crippen MR) is 207 cm³/mol. The standard InChI is InChI=1S/C34H76N2O8Si4/c1-31(2,3)45(15,16)41-35(42-46(17,18)32(4,5)6)27(25-29(37)39-13)23-24-28(26-30(38)40-14)36(43-47(19,20)33(7,8)9)44-48(21,22)34(10,11)12/h27-28H,23-26H2,1-22H3. The number of hydrogen-bond donors (Lipinski definition) is 0. The molecule has 0 aromatic heterocycles. The maximum Gasteiger partial charge on any atom is 0.307 e. The first-order valence-electron chi connectivity index (χ1n) is 17.5. The van der Waals surface area contributed by atoms with E-state index in [0.717, 1.165) is 0 Å². The van der Waals surface area contributed by atoms with E-state index < -0.39 is 45.4 Å². The van der Waals surface area contributed by atoms with Gasteiger partial charge in [-0.1, -0.05) is 93.5 Å². The van der Waals surface area contributed by atoms with Gasteiger partial charge in [0, 0.05) is 0 Å². The number of hydroxylamine groups is 4. The van der Waals surface area contributed by atoms with Gasteiger partial charge < -0.3 is 27.6 Å². The van der Waals surface area contributed by atoms with Gasteiger partial charge >= 0.3 is 11.9 Å². The Labute approximate surface area is 299 Å². The zero-order valence-corrected chi connectivity index (χ0v) is 39.1.